The normalized spacial score (nSPS) is 19.6. The van der Waals surface area contributed by atoms with Gasteiger partial charge in [-0.05, 0) is 40.3 Å². The summed E-state index contributed by atoms with van der Waals surface area (Å²) >= 11 is 0. The minimum Gasteiger partial charge on any atom is -0.478 e. The second kappa shape index (κ2) is 5.46. The Balaban J connectivity index is 2.32. The van der Waals surface area contributed by atoms with Gasteiger partial charge in [0, 0.05) is 24.7 Å². The molecule has 16 heavy (non-hydrogen) atoms. The first kappa shape index (κ1) is 13.2. The highest BCUT2D eigenvalue weighted by atomic mass is 16.4. The van der Waals surface area contributed by atoms with E-state index in [0.29, 0.717) is 12.1 Å². The van der Waals surface area contributed by atoms with Crippen LogP contribution in [0.3, 0.4) is 0 Å². The number of carboxylic acid groups (broad SMARTS) is 1. The molecule has 0 aromatic heterocycles. The van der Waals surface area contributed by atoms with Gasteiger partial charge >= 0.3 is 5.97 Å². The molecule has 0 aliphatic heterocycles. The Morgan fingerprint density at radius 3 is 2.50 bits per heavy atom. The minimum atomic E-state index is -0.870. The van der Waals surface area contributed by atoms with Gasteiger partial charge < -0.3 is 15.3 Å². The first-order valence-corrected chi connectivity index (χ1v) is 5.74. The fraction of sp³-hybridized carbons (Fsp3) is 0.750. The summed E-state index contributed by atoms with van der Waals surface area (Å²) in [7, 11) is 4.22. The summed E-state index contributed by atoms with van der Waals surface area (Å²) in [6, 6.07) is 0. The van der Waals surface area contributed by atoms with E-state index in [1.807, 2.05) is 6.92 Å². The van der Waals surface area contributed by atoms with Crippen LogP contribution in [0, 0.1) is 0 Å². The van der Waals surface area contributed by atoms with Crippen LogP contribution in [-0.4, -0.2) is 48.7 Å². The van der Waals surface area contributed by atoms with Crippen LogP contribution >= 0.6 is 0 Å². The molecule has 1 rings (SSSR count). The Bertz CT molecular complexity index is 281. The molecule has 4 heteroatoms. The predicted molar refractivity (Wildman–Crippen MR) is 64.5 cm³/mol. The number of nitrogens with one attached hydrogen (secondary N) is 1. The SMILES string of the molecule is CC(=CC(=O)O)CNCC1(N(C)C)CCC1. The molecule has 0 aromatic carbocycles. The molecule has 1 saturated carbocycles. The van der Waals surface area contributed by atoms with E-state index in [1.165, 1.54) is 25.3 Å². The van der Waals surface area contributed by atoms with Gasteiger partial charge in [-0.15, -0.1) is 0 Å². The van der Waals surface area contributed by atoms with Gasteiger partial charge in [-0.3, -0.25) is 0 Å². The summed E-state index contributed by atoms with van der Waals surface area (Å²) in [6.07, 6.45) is 5.02. The van der Waals surface area contributed by atoms with E-state index in [1.54, 1.807) is 0 Å². The van der Waals surface area contributed by atoms with Crippen molar-refractivity contribution in [2.45, 2.75) is 31.7 Å². The number of aliphatic carboxylic acids is 1. The number of hydrogen-bond acceptors (Lipinski definition) is 3. The second-order valence-corrected chi connectivity index (χ2v) is 4.90. The lowest BCUT2D eigenvalue weighted by Gasteiger charge is -2.47. The van der Waals surface area contributed by atoms with Gasteiger partial charge in [0.1, 0.15) is 0 Å². The Morgan fingerprint density at radius 1 is 1.50 bits per heavy atom. The molecule has 4 nitrogen and oxygen atoms in total. The molecular formula is C12H22N2O2. The molecule has 0 amide bonds. The van der Waals surface area contributed by atoms with Crippen LogP contribution in [0.15, 0.2) is 11.6 Å². The van der Waals surface area contributed by atoms with E-state index < -0.39 is 5.97 Å². The lowest BCUT2D eigenvalue weighted by molar-refractivity contribution is -0.131. The molecule has 0 spiro atoms. The Kier molecular flexibility index (Phi) is 4.50. The molecule has 0 unspecified atom stereocenters. The van der Waals surface area contributed by atoms with Crippen molar-refractivity contribution in [1.82, 2.24) is 10.2 Å². The maximum atomic E-state index is 10.4. The molecule has 1 fully saturated rings. The van der Waals surface area contributed by atoms with Crippen molar-refractivity contribution in [2.24, 2.45) is 0 Å². The highest BCUT2D eigenvalue weighted by Gasteiger charge is 2.38. The zero-order valence-corrected chi connectivity index (χ0v) is 10.4. The Morgan fingerprint density at radius 2 is 2.12 bits per heavy atom. The molecular weight excluding hydrogens is 204 g/mol. The van der Waals surface area contributed by atoms with Crippen molar-refractivity contribution in [3.8, 4) is 0 Å². The first-order valence-electron chi connectivity index (χ1n) is 5.74. The maximum Gasteiger partial charge on any atom is 0.328 e. The zero-order valence-electron chi connectivity index (χ0n) is 10.4. The zero-order chi connectivity index (χ0) is 12.2. The van der Waals surface area contributed by atoms with Gasteiger partial charge in [0.15, 0.2) is 0 Å². The van der Waals surface area contributed by atoms with E-state index in [-0.39, 0.29) is 0 Å². The van der Waals surface area contributed by atoms with Crippen LogP contribution in [0.4, 0.5) is 0 Å². The van der Waals surface area contributed by atoms with Crippen LogP contribution in [0.1, 0.15) is 26.2 Å². The predicted octanol–water partition coefficient (Wildman–Crippen LogP) is 1.09. The van der Waals surface area contributed by atoms with Crippen LogP contribution in [0.5, 0.6) is 0 Å². The lowest BCUT2D eigenvalue weighted by Crippen LogP contribution is -2.56. The Hall–Kier alpha value is -0.870. The molecule has 0 bridgehead atoms. The monoisotopic (exact) mass is 226 g/mol. The number of rotatable bonds is 6. The third kappa shape index (κ3) is 3.32. The largest absolute Gasteiger partial charge is 0.478 e. The second-order valence-electron chi connectivity index (χ2n) is 4.90. The van der Waals surface area contributed by atoms with Gasteiger partial charge in [-0.1, -0.05) is 5.57 Å². The van der Waals surface area contributed by atoms with Crippen LogP contribution in [-0.2, 0) is 4.79 Å². The molecule has 0 radical (unpaired) electrons. The standard InChI is InChI=1S/C12H22N2O2/c1-10(7-11(15)16)8-13-9-12(14(2)3)5-4-6-12/h7,13H,4-6,8-9H2,1-3H3,(H,15,16). The van der Waals surface area contributed by atoms with Gasteiger partial charge in [0.2, 0.25) is 0 Å². The average Bonchev–Trinajstić information content (AvgIpc) is 2.07. The van der Waals surface area contributed by atoms with Gasteiger partial charge in [-0.25, -0.2) is 4.79 Å². The van der Waals surface area contributed by atoms with Crippen molar-refractivity contribution in [3.05, 3.63) is 11.6 Å². The molecule has 2 N–H and O–H groups in total. The summed E-state index contributed by atoms with van der Waals surface area (Å²) in [6.45, 7) is 3.43. The summed E-state index contributed by atoms with van der Waals surface area (Å²) in [5.74, 6) is -0.870. The third-order valence-corrected chi connectivity index (χ3v) is 3.46. The molecule has 0 atom stereocenters. The van der Waals surface area contributed by atoms with E-state index in [4.69, 9.17) is 5.11 Å². The number of nitrogens with zero attached hydrogens (tertiary/aromatic N) is 1. The number of carboxylic acids is 1. The molecule has 92 valence electrons. The van der Waals surface area contributed by atoms with Crippen LogP contribution < -0.4 is 5.32 Å². The number of hydrogen-bond donors (Lipinski definition) is 2. The van der Waals surface area contributed by atoms with Gasteiger partial charge in [0.25, 0.3) is 0 Å². The maximum absolute atomic E-state index is 10.4. The van der Waals surface area contributed by atoms with Crippen LogP contribution in [0.25, 0.3) is 0 Å². The molecule has 1 aliphatic rings. The third-order valence-electron chi connectivity index (χ3n) is 3.46. The highest BCUT2D eigenvalue weighted by Crippen LogP contribution is 2.35. The summed E-state index contributed by atoms with van der Waals surface area (Å²) in [5.41, 5.74) is 1.16. The van der Waals surface area contributed by atoms with Crippen molar-refractivity contribution in [2.75, 3.05) is 27.2 Å². The number of carbonyl (C=O) groups is 1. The topological polar surface area (TPSA) is 52.6 Å². The fourth-order valence-electron chi connectivity index (χ4n) is 2.12. The van der Waals surface area contributed by atoms with Crippen molar-refractivity contribution in [3.63, 3.8) is 0 Å². The molecule has 1 aliphatic carbocycles. The van der Waals surface area contributed by atoms with E-state index in [0.717, 1.165) is 12.1 Å². The summed E-state index contributed by atoms with van der Waals surface area (Å²) in [5, 5.41) is 11.9. The summed E-state index contributed by atoms with van der Waals surface area (Å²) < 4.78 is 0. The van der Waals surface area contributed by atoms with Crippen molar-refractivity contribution >= 4 is 5.97 Å². The van der Waals surface area contributed by atoms with E-state index >= 15 is 0 Å². The quantitative estimate of drug-likeness (QED) is 0.666. The highest BCUT2D eigenvalue weighted by molar-refractivity contribution is 5.80. The molecule has 0 aromatic rings. The van der Waals surface area contributed by atoms with Crippen molar-refractivity contribution in [1.29, 1.82) is 0 Å². The Labute approximate surface area is 97.3 Å². The first-order chi connectivity index (χ1) is 7.46. The molecule has 0 saturated heterocycles. The average molecular weight is 226 g/mol. The van der Waals surface area contributed by atoms with Crippen molar-refractivity contribution < 1.29 is 9.90 Å². The van der Waals surface area contributed by atoms with E-state index in [2.05, 4.69) is 24.3 Å². The number of likely N-dealkylation sites (N-methyl/N-ethyl adjacent to an activating group) is 1. The summed E-state index contributed by atoms with van der Waals surface area (Å²) in [4.78, 5) is 12.7. The minimum absolute atomic E-state index is 0.295. The smallest absolute Gasteiger partial charge is 0.328 e. The van der Waals surface area contributed by atoms with Crippen LogP contribution in [0.2, 0.25) is 0 Å². The fourth-order valence-corrected chi connectivity index (χ4v) is 2.12. The lowest BCUT2D eigenvalue weighted by atomic mass is 9.75. The van der Waals surface area contributed by atoms with Gasteiger partial charge in [-0.2, -0.15) is 0 Å². The van der Waals surface area contributed by atoms with Gasteiger partial charge in [0.05, 0.1) is 0 Å². The molecule has 0 heterocycles. The van der Waals surface area contributed by atoms with E-state index in [9.17, 15) is 4.79 Å².